The molecular weight excluding hydrogens is 292 g/mol. The summed E-state index contributed by atoms with van der Waals surface area (Å²) in [6.45, 7) is 0. The van der Waals surface area contributed by atoms with Gasteiger partial charge in [0, 0.05) is 29.7 Å². The van der Waals surface area contributed by atoms with Crippen LogP contribution in [0.2, 0.25) is 0 Å². The van der Waals surface area contributed by atoms with Crippen molar-refractivity contribution in [2.45, 2.75) is 0 Å². The molecule has 0 atom stereocenters. The zero-order valence-electron chi connectivity index (χ0n) is 12.0. The monoisotopic (exact) mass is 306 g/mol. The van der Waals surface area contributed by atoms with Gasteiger partial charge in [-0.25, -0.2) is 0 Å². The van der Waals surface area contributed by atoms with Gasteiger partial charge >= 0.3 is 0 Å². The topological polar surface area (TPSA) is 45.4 Å². The number of aromatic amines is 1. The number of nitrogens with zero attached hydrogens (tertiary/aromatic N) is 3. The molecule has 2 aromatic heterocycles. The quantitative estimate of drug-likeness (QED) is 0.434. The van der Waals surface area contributed by atoms with E-state index in [1.807, 2.05) is 37.5 Å². The number of benzene rings is 2. The Morgan fingerprint density at radius 1 is 1.09 bits per heavy atom. The van der Waals surface area contributed by atoms with Crippen molar-refractivity contribution in [2.24, 2.45) is 17.3 Å². The average molecular weight is 306 g/mol. The summed E-state index contributed by atoms with van der Waals surface area (Å²) in [6, 6.07) is 16.4. The highest BCUT2D eigenvalue weighted by atomic mass is 32.1. The summed E-state index contributed by atoms with van der Waals surface area (Å²) in [6.07, 6.45) is 3.75. The van der Waals surface area contributed by atoms with Crippen molar-refractivity contribution in [1.82, 2.24) is 9.55 Å². The van der Waals surface area contributed by atoms with Crippen LogP contribution in [0.1, 0.15) is 5.56 Å². The van der Waals surface area contributed by atoms with Crippen LogP contribution in [0.3, 0.4) is 0 Å². The predicted octanol–water partition coefficient (Wildman–Crippen LogP) is 3.66. The molecule has 2 aromatic carbocycles. The first-order valence-corrected chi connectivity index (χ1v) is 7.82. The standard InChI is InChI=1S/C17H14N4S/c1-21-15-8-4-5-9-16(15)22-17(21)20-19-11-12-10-18-14-7-3-2-6-13(12)14/h2-11,18H,1H3/b19-11-,20-17-. The van der Waals surface area contributed by atoms with Crippen LogP contribution in [-0.4, -0.2) is 15.8 Å². The van der Waals surface area contributed by atoms with Crippen molar-refractivity contribution < 1.29 is 0 Å². The van der Waals surface area contributed by atoms with Crippen molar-refractivity contribution in [1.29, 1.82) is 0 Å². The number of nitrogens with one attached hydrogen (secondary N) is 1. The van der Waals surface area contributed by atoms with Crippen molar-refractivity contribution in [3.05, 3.63) is 65.1 Å². The van der Waals surface area contributed by atoms with Crippen LogP contribution in [0, 0.1) is 0 Å². The Hall–Kier alpha value is -2.66. The van der Waals surface area contributed by atoms with Crippen molar-refractivity contribution in [3.63, 3.8) is 0 Å². The Bertz CT molecular complexity index is 1050. The minimum Gasteiger partial charge on any atom is -0.361 e. The van der Waals surface area contributed by atoms with E-state index in [1.54, 1.807) is 17.6 Å². The number of hydrogen-bond acceptors (Lipinski definition) is 3. The van der Waals surface area contributed by atoms with Gasteiger partial charge in [0.15, 0.2) is 0 Å². The maximum atomic E-state index is 4.36. The van der Waals surface area contributed by atoms with Gasteiger partial charge in [-0.3, -0.25) is 0 Å². The molecule has 0 radical (unpaired) electrons. The third-order valence-electron chi connectivity index (χ3n) is 3.68. The van der Waals surface area contributed by atoms with Crippen molar-refractivity contribution >= 4 is 38.7 Å². The lowest BCUT2D eigenvalue weighted by Crippen LogP contribution is -2.08. The highest BCUT2D eigenvalue weighted by Gasteiger charge is 2.01. The highest BCUT2D eigenvalue weighted by Crippen LogP contribution is 2.16. The summed E-state index contributed by atoms with van der Waals surface area (Å²) in [5.74, 6) is 0. The second kappa shape index (κ2) is 5.27. The lowest BCUT2D eigenvalue weighted by atomic mass is 10.2. The van der Waals surface area contributed by atoms with Gasteiger partial charge in [-0.1, -0.05) is 41.7 Å². The van der Waals surface area contributed by atoms with Gasteiger partial charge in [-0.05, 0) is 18.2 Å². The second-order valence-electron chi connectivity index (χ2n) is 5.05. The van der Waals surface area contributed by atoms with E-state index in [0.29, 0.717) is 0 Å². The molecule has 0 bridgehead atoms. The van der Waals surface area contributed by atoms with E-state index in [4.69, 9.17) is 0 Å². The van der Waals surface area contributed by atoms with Crippen molar-refractivity contribution in [2.75, 3.05) is 0 Å². The smallest absolute Gasteiger partial charge is 0.211 e. The molecule has 1 N–H and O–H groups in total. The summed E-state index contributed by atoms with van der Waals surface area (Å²) >= 11 is 1.64. The zero-order valence-corrected chi connectivity index (χ0v) is 12.8. The van der Waals surface area contributed by atoms with Crippen LogP contribution in [0.15, 0.2) is 64.9 Å². The maximum Gasteiger partial charge on any atom is 0.211 e. The van der Waals surface area contributed by atoms with Crippen LogP contribution in [0.5, 0.6) is 0 Å². The zero-order chi connectivity index (χ0) is 14.9. The van der Waals surface area contributed by atoms with Crippen LogP contribution in [0.25, 0.3) is 21.1 Å². The Labute approximate surface area is 131 Å². The number of para-hydroxylation sites is 2. The molecule has 0 aliphatic carbocycles. The van der Waals surface area contributed by atoms with E-state index in [-0.39, 0.29) is 0 Å². The molecule has 4 rings (SSSR count). The second-order valence-corrected chi connectivity index (χ2v) is 6.05. The number of aryl methyl sites for hydroxylation is 1. The number of aromatic nitrogens is 2. The van der Waals surface area contributed by atoms with Crippen LogP contribution in [0.4, 0.5) is 0 Å². The molecule has 0 unspecified atom stereocenters. The van der Waals surface area contributed by atoms with Gasteiger partial charge < -0.3 is 9.55 Å². The lowest BCUT2D eigenvalue weighted by molar-refractivity contribution is 0.889. The Balaban J connectivity index is 1.75. The Kier molecular flexibility index (Phi) is 3.12. The van der Waals surface area contributed by atoms with Gasteiger partial charge in [0.2, 0.25) is 4.80 Å². The lowest BCUT2D eigenvalue weighted by Gasteiger charge is -1.92. The fraction of sp³-hybridized carbons (Fsp3) is 0.0588. The normalized spacial score (nSPS) is 12.9. The van der Waals surface area contributed by atoms with Crippen LogP contribution < -0.4 is 4.80 Å². The first-order valence-electron chi connectivity index (χ1n) is 7.01. The van der Waals surface area contributed by atoms with Gasteiger partial charge in [0.05, 0.1) is 16.4 Å². The maximum absolute atomic E-state index is 4.36. The molecule has 0 aliphatic rings. The molecule has 0 saturated heterocycles. The van der Waals surface area contributed by atoms with E-state index < -0.39 is 0 Å². The molecule has 2 heterocycles. The first-order chi connectivity index (χ1) is 10.8. The largest absolute Gasteiger partial charge is 0.361 e. The molecule has 0 spiro atoms. The van der Waals surface area contributed by atoms with Gasteiger partial charge in [-0.15, -0.1) is 5.10 Å². The minimum atomic E-state index is 0.886. The molecule has 0 saturated carbocycles. The predicted molar refractivity (Wildman–Crippen MR) is 92.3 cm³/mol. The number of thiazole rings is 1. The van der Waals surface area contributed by atoms with Gasteiger partial charge in [0.1, 0.15) is 0 Å². The number of H-pyrrole nitrogens is 1. The SMILES string of the molecule is Cn1/c(=N/N=C\c2c[nH]c3ccccc23)sc2ccccc21. The van der Waals surface area contributed by atoms with Crippen LogP contribution in [-0.2, 0) is 7.05 Å². The first kappa shape index (κ1) is 13.0. The molecule has 0 amide bonds. The summed E-state index contributed by atoms with van der Waals surface area (Å²) in [4.78, 5) is 4.12. The Morgan fingerprint density at radius 2 is 1.91 bits per heavy atom. The number of fused-ring (bicyclic) bond motifs is 2. The van der Waals surface area contributed by atoms with E-state index in [1.165, 1.54) is 10.2 Å². The van der Waals surface area contributed by atoms with Gasteiger partial charge in [0.25, 0.3) is 0 Å². The average Bonchev–Trinajstić information content (AvgIpc) is 3.10. The molecular formula is C17H14N4S. The summed E-state index contributed by atoms with van der Waals surface area (Å²) < 4.78 is 3.28. The summed E-state index contributed by atoms with van der Waals surface area (Å²) in [5.41, 5.74) is 3.33. The third-order valence-corrected chi connectivity index (χ3v) is 4.78. The van der Waals surface area contributed by atoms with E-state index in [9.17, 15) is 0 Å². The molecule has 5 heteroatoms. The van der Waals surface area contributed by atoms with E-state index in [0.717, 1.165) is 21.3 Å². The third kappa shape index (κ3) is 2.16. The molecule has 0 fully saturated rings. The Morgan fingerprint density at radius 3 is 2.82 bits per heavy atom. The summed E-state index contributed by atoms with van der Waals surface area (Å²) in [7, 11) is 2.01. The fourth-order valence-corrected chi connectivity index (χ4v) is 3.50. The minimum absolute atomic E-state index is 0.886. The highest BCUT2D eigenvalue weighted by molar-refractivity contribution is 7.16. The summed E-state index contributed by atoms with van der Waals surface area (Å²) in [5, 5.41) is 9.78. The number of rotatable bonds is 2. The van der Waals surface area contributed by atoms with Crippen LogP contribution >= 0.6 is 11.3 Å². The molecule has 22 heavy (non-hydrogen) atoms. The van der Waals surface area contributed by atoms with E-state index in [2.05, 4.69) is 44.0 Å². The van der Waals surface area contributed by atoms with Crippen molar-refractivity contribution in [3.8, 4) is 0 Å². The fourth-order valence-electron chi connectivity index (χ4n) is 2.52. The molecule has 4 aromatic rings. The number of hydrogen-bond donors (Lipinski definition) is 1. The molecule has 4 nitrogen and oxygen atoms in total. The van der Waals surface area contributed by atoms with E-state index >= 15 is 0 Å². The molecule has 108 valence electrons. The van der Waals surface area contributed by atoms with Gasteiger partial charge in [-0.2, -0.15) is 5.10 Å². The molecule has 0 aliphatic heterocycles.